The van der Waals surface area contributed by atoms with Crippen molar-refractivity contribution in [2.24, 2.45) is 0 Å². The topological polar surface area (TPSA) is 104 Å². The minimum atomic E-state index is -2.24. The van der Waals surface area contributed by atoms with Crippen LogP contribution >= 0.6 is 0 Å². The fourth-order valence-electron chi connectivity index (χ4n) is 0.863. The van der Waals surface area contributed by atoms with Crippen LogP contribution in [-0.2, 0) is 0 Å². The van der Waals surface area contributed by atoms with Crippen LogP contribution in [0.2, 0.25) is 0 Å². The quantitative estimate of drug-likeness (QED) is 0.353. The first-order chi connectivity index (χ1) is 5.23. The minimum absolute atomic E-state index is 0.146. The Kier molecular flexibility index (Phi) is 1.59. The predicted octanol–water partition coefficient (Wildman–Crippen LogP) is -1.08. The summed E-state index contributed by atoms with van der Waals surface area (Å²) in [6, 6.07) is -1.29. The van der Waals surface area contributed by atoms with E-state index >= 15 is 0 Å². The van der Waals surface area contributed by atoms with Gasteiger partial charge in [0.15, 0.2) is 0 Å². The molecule has 4 N–H and O–H groups in total. The monoisotopic (exact) mass is 178 g/mol. The average molecular weight is 178 g/mol. The Bertz CT molecular complexity index is 204. The number of amides is 2. The number of nitrogens with zero attached hydrogens (tertiary/aromatic N) is 2. The number of aliphatic hydroxyl groups is 2. The highest BCUT2D eigenvalue weighted by molar-refractivity contribution is 5.76. The summed E-state index contributed by atoms with van der Waals surface area (Å²) in [4.78, 5) is 10.8. The molecule has 1 heterocycles. The highest BCUT2D eigenvalue weighted by Crippen LogP contribution is 2.34. The summed E-state index contributed by atoms with van der Waals surface area (Å²) >= 11 is 0. The van der Waals surface area contributed by atoms with Crippen LogP contribution in [0.1, 0.15) is 13.8 Å². The number of carbonyl (C=O) groups excluding carboxylic acids is 1. The first kappa shape index (κ1) is 9.20. The lowest BCUT2D eigenvalue weighted by Gasteiger charge is -2.32. The van der Waals surface area contributed by atoms with Crippen molar-refractivity contribution in [3.63, 3.8) is 0 Å². The summed E-state index contributed by atoms with van der Waals surface area (Å²) in [6.07, 6.45) is 0. The molecule has 7 nitrogen and oxygen atoms in total. The van der Waals surface area contributed by atoms with Crippen LogP contribution in [0, 0.1) is 0 Å². The molecule has 0 bridgehead atoms. The van der Waals surface area contributed by atoms with Gasteiger partial charge in [0.25, 0.3) is 0 Å². The van der Waals surface area contributed by atoms with Gasteiger partial charge in [-0.1, -0.05) is 0 Å². The second-order valence-corrected chi connectivity index (χ2v) is 2.95. The second-order valence-electron chi connectivity index (χ2n) is 2.95. The fraction of sp³-hybridized carbons (Fsp3) is 0.800. The van der Waals surface area contributed by atoms with E-state index in [9.17, 15) is 15.0 Å². The van der Waals surface area contributed by atoms with E-state index in [1.54, 1.807) is 0 Å². The van der Waals surface area contributed by atoms with Gasteiger partial charge < -0.3 is 10.2 Å². The van der Waals surface area contributed by atoms with E-state index in [-0.39, 0.29) is 10.1 Å². The van der Waals surface area contributed by atoms with Gasteiger partial charge >= 0.3 is 6.03 Å². The lowest BCUT2D eigenvalue weighted by molar-refractivity contribution is -0.304. The third-order valence-electron chi connectivity index (χ3n) is 2.08. The number of carbonyl (C=O) groups is 1. The van der Waals surface area contributed by atoms with Crippen LogP contribution < -0.4 is 0 Å². The molecule has 0 aromatic heterocycles. The standard InChI is InChI=1S/C5H10N2O5/c1-4(9)5(2,10)7(12)3(8)6(4)11/h9-12H,1-2H3. The van der Waals surface area contributed by atoms with Crippen molar-refractivity contribution in [1.29, 1.82) is 0 Å². The Morgan fingerprint density at radius 3 is 1.42 bits per heavy atom. The van der Waals surface area contributed by atoms with Crippen molar-refractivity contribution in [1.82, 2.24) is 10.1 Å². The van der Waals surface area contributed by atoms with Crippen LogP contribution in [0.3, 0.4) is 0 Å². The smallest absolute Gasteiger partial charge is 0.365 e. The van der Waals surface area contributed by atoms with Crippen LogP contribution in [-0.4, -0.2) is 48.2 Å². The van der Waals surface area contributed by atoms with Gasteiger partial charge in [-0.3, -0.25) is 10.4 Å². The van der Waals surface area contributed by atoms with E-state index in [0.29, 0.717) is 0 Å². The molecule has 7 heteroatoms. The second kappa shape index (κ2) is 2.07. The predicted molar refractivity (Wildman–Crippen MR) is 33.9 cm³/mol. The molecular weight excluding hydrogens is 168 g/mol. The number of hydrogen-bond acceptors (Lipinski definition) is 5. The molecule has 0 aromatic carbocycles. The molecule has 2 amide bonds. The third kappa shape index (κ3) is 0.758. The molecule has 0 aliphatic carbocycles. The lowest BCUT2D eigenvalue weighted by Crippen LogP contribution is -2.56. The van der Waals surface area contributed by atoms with Gasteiger partial charge in [-0.2, -0.15) is 10.1 Å². The molecule has 0 aromatic rings. The molecule has 0 radical (unpaired) electrons. The maximum Gasteiger partial charge on any atom is 0.373 e. The molecule has 1 rings (SSSR count). The normalized spacial score (nSPS) is 42.7. The van der Waals surface area contributed by atoms with E-state index in [1.807, 2.05) is 0 Å². The van der Waals surface area contributed by atoms with Crippen molar-refractivity contribution in [3.05, 3.63) is 0 Å². The Hall–Kier alpha value is -0.890. The van der Waals surface area contributed by atoms with Gasteiger partial charge in [0, 0.05) is 0 Å². The molecule has 2 atom stereocenters. The number of hydrogen-bond donors (Lipinski definition) is 4. The zero-order chi connectivity index (χ0) is 9.73. The maximum atomic E-state index is 10.8. The lowest BCUT2D eigenvalue weighted by atomic mass is 10.1. The average Bonchev–Trinajstić information content (AvgIpc) is 2.05. The molecule has 70 valence electrons. The van der Waals surface area contributed by atoms with Gasteiger partial charge in [0.1, 0.15) is 0 Å². The molecule has 0 spiro atoms. The first-order valence-electron chi connectivity index (χ1n) is 3.20. The zero-order valence-corrected chi connectivity index (χ0v) is 6.59. The highest BCUT2D eigenvalue weighted by Gasteiger charge is 2.62. The van der Waals surface area contributed by atoms with Crippen LogP contribution in [0.5, 0.6) is 0 Å². The molecule has 12 heavy (non-hydrogen) atoms. The maximum absolute atomic E-state index is 10.8. The summed E-state index contributed by atoms with van der Waals surface area (Å²) in [5, 5.41) is 36.2. The first-order valence-corrected chi connectivity index (χ1v) is 3.20. The van der Waals surface area contributed by atoms with Crippen LogP contribution in [0.25, 0.3) is 0 Å². The van der Waals surface area contributed by atoms with Crippen LogP contribution in [0.15, 0.2) is 0 Å². The Morgan fingerprint density at radius 1 is 1.08 bits per heavy atom. The number of urea groups is 1. The fourth-order valence-corrected chi connectivity index (χ4v) is 0.863. The van der Waals surface area contributed by atoms with Crippen molar-refractivity contribution >= 4 is 6.03 Å². The Morgan fingerprint density at radius 2 is 1.33 bits per heavy atom. The van der Waals surface area contributed by atoms with Crippen molar-refractivity contribution in [2.75, 3.05) is 0 Å². The van der Waals surface area contributed by atoms with Gasteiger partial charge in [0.05, 0.1) is 0 Å². The Labute approximate surface area is 68.0 Å². The van der Waals surface area contributed by atoms with Gasteiger partial charge in [-0.15, -0.1) is 0 Å². The highest BCUT2D eigenvalue weighted by atomic mass is 16.6. The molecular formula is C5H10N2O5. The van der Waals surface area contributed by atoms with E-state index in [4.69, 9.17) is 10.4 Å². The SMILES string of the molecule is CC1(O)N(O)C(=O)N(O)C1(C)O. The van der Waals surface area contributed by atoms with Crippen molar-refractivity contribution in [2.45, 2.75) is 25.3 Å². The molecule has 0 saturated carbocycles. The molecule has 1 fully saturated rings. The molecule has 1 aliphatic rings. The van der Waals surface area contributed by atoms with Crippen LogP contribution in [0.4, 0.5) is 4.79 Å². The third-order valence-corrected chi connectivity index (χ3v) is 2.08. The van der Waals surface area contributed by atoms with Gasteiger partial charge in [-0.05, 0) is 13.8 Å². The summed E-state index contributed by atoms with van der Waals surface area (Å²) in [7, 11) is 0. The van der Waals surface area contributed by atoms with Crippen molar-refractivity contribution in [3.8, 4) is 0 Å². The largest absolute Gasteiger partial charge is 0.373 e. The van der Waals surface area contributed by atoms with E-state index in [0.717, 1.165) is 13.8 Å². The van der Waals surface area contributed by atoms with E-state index in [1.165, 1.54) is 0 Å². The zero-order valence-electron chi connectivity index (χ0n) is 6.59. The van der Waals surface area contributed by atoms with Crippen molar-refractivity contribution < 1.29 is 25.4 Å². The summed E-state index contributed by atoms with van der Waals surface area (Å²) in [6.45, 7) is 1.97. The van der Waals surface area contributed by atoms with E-state index in [2.05, 4.69) is 0 Å². The van der Waals surface area contributed by atoms with E-state index < -0.39 is 17.5 Å². The summed E-state index contributed by atoms with van der Waals surface area (Å²) in [5.41, 5.74) is -4.47. The minimum Gasteiger partial charge on any atom is -0.365 e. The van der Waals surface area contributed by atoms with Gasteiger partial charge in [-0.25, -0.2) is 4.79 Å². The number of hydroxylamine groups is 4. The molecule has 2 unspecified atom stereocenters. The summed E-state index contributed by atoms with van der Waals surface area (Å²) in [5.74, 6) is 0. The summed E-state index contributed by atoms with van der Waals surface area (Å²) < 4.78 is 0. The molecule has 1 aliphatic heterocycles. The number of rotatable bonds is 0. The van der Waals surface area contributed by atoms with Gasteiger partial charge in [0.2, 0.25) is 11.4 Å². The Balaban J connectivity index is 3.14. The molecule has 1 saturated heterocycles.